The molecular weight excluding hydrogens is 476 g/mol. The van der Waals surface area contributed by atoms with Crippen LogP contribution in [0.1, 0.15) is 43.2 Å². The zero-order valence-electron chi connectivity index (χ0n) is 18.8. The van der Waals surface area contributed by atoms with Gasteiger partial charge in [-0.25, -0.2) is 4.98 Å². The first kappa shape index (κ1) is 21.1. The quantitative estimate of drug-likeness (QED) is 0.507. The number of carbonyl (C=O) groups is 1. The number of piperazine rings is 1. The average Bonchev–Trinajstić information content (AvgIpc) is 3.44. The van der Waals surface area contributed by atoms with Crippen LogP contribution < -0.4 is 0 Å². The number of piperidine rings is 1. The molecule has 2 aromatic carbocycles. The first-order valence-corrected chi connectivity index (χ1v) is 12.9. The van der Waals surface area contributed by atoms with Crippen molar-refractivity contribution < 1.29 is 4.79 Å². The molecule has 6 heteroatoms. The van der Waals surface area contributed by atoms with E-state index in [9.17, 15) is 4.79 Å². The predicted octanol–water partition coefficient (Wildman–Crippen LogP) is 4.89. The normalized spacial score (nSPS) is 24.3. The molecule has 5 nitrogen and oxygen atoms in total. The molecule has 0 bridgehead atoms. The highest BCUT2D eigenvalue weighted by Gasteiger charge is 2.45. The van der Waals surface area contributed by atoms with Crippen LogP contribution in [0.4, 0.5) is 0 Å². The van der Waals surface area contributed by atoms with E-state index in [0.29, 0.717) is 12.5 Å². The van der Waals surface area contributed by atoms with Crippen molar-refractivity contribution in [2.24, 2.45) is 0 Å². The monoisotopic (exact) mass is 504 g/mol. The van der Waals surface area contributed by atoms with Gasteiger partial charge in [-0.05, 0) is 49.1 Å². The molecule has 0 aliphatic carbocycles. The molecule has 3 aliphatic rings. The Balaban J connectivity index is 1.33. The van der Waals surface area contributed by atoms with Gasteiger partial charge in [-0.1, -0.05) is 58.7 Å². The van der Waals surface area contributed by atoms with Crippen molar-refractivity contribution >= 4 is 21.8 Å². The van der Waals surface area contributed by atoms with Crippen LogP contribution in [0.25, 0.3) is 11.4 Å². The summed E-state index contributed by atoms with van der Waals surface area (Å²) in [6.45, 7) is 3.95. The SMILES string of the molecule is O=C(CCC1(c2ccc(Br)cc2)c2ccccc2-c2nccn21)N1CCN2CCCCC2C1. The van der Waals surface area contributed by atoms with Gasteiger partial charge in [0.1, 0.15) is 5.82 Å². The van der Waals surface area contributed by atoms with E-state index in [2.05, 4.69) is 85.0 Å². The van der Waals surface area contributed by atoms with Gasteiger partial charge in [0.05, 0.1) is 5.54 Å². The molecule has 2 atom stereocenters. The first-order valence-electron chi connectivity index (χ1n) is 12.1. The molecule has 1 aromatic heterocycles. The maximum absolute atomic E-state index is 13.5. The van der Waals surface area contributed by atoms with Crippen molar-refractivity contribution in [3.05, 3.63) is 76.5 Å². The van der Waals surface area contributed by atoms with E-state index in [1.807, 2.05) is 6.20 Å². The van der Waals surface area contributed by atoms with Crippen LogP contribution in [0.15, 0.2) is 65.4 Å². The number of rotatable bonds is 4. The smallest absolute Gasteiger partial charge is 0.222 e. The van der Waals surface area contributed by atoms with Crippen LogP contribution in [0.5, 0.6) is 0 Å². The van der Waals surface area contributed by atoms with Crippen molar-refractivity contribution in [3.63, 3.8) is 0 Å². The molecule has 0 N–H and O–H groups in total. The van der Waals surface area contributed by atoms with Crippen LogP contribution in [-0.4, -0.2) is 57.5 Å². The summed E-state index contributed by atoms with van der Waals surface area (Å²) in [6, 6.07) is 17.6. The lowest BCUT2D eigenvalue weighted by Crippen LogP contribution is -2.56. The maximum atomic E-state index is 13.5. The molecule has 170 valence electrons. The fourth-order valence-electron chi connectivity index (χ4n) is 6.23. The highest BCUT2D eigenvalue weighted by Crippen LogP contribution is 2.49. The van der Waals surface area contributed by atoms with E-state index in [4.69, 9.17) is 4.98 Å². The number of carbonyl (C=O) groups excluding carboxylic acids is 1. The van der Waals surface area contributed by atoms with Crippen molar-refractivity contribution in [3.8, 4) is 11.4 Å². The number of aromatic nitrogens is 2. The van der Waals surface area contributed by atoms with E-state index < -0.39 is 5.54 Å². The Morgan fingerprint density at radius 2 is 1.91 bits per heavy atom. The standard InChI is InChI=1S/C27H29BrN4O/c28-21-10-8-20(9-11-21)27(24-7-2-1-6-23(24)26-29-14-16-32(26)27)13-12-25(33)31-18-17-30-15-4-3-5-22(30)19-31/h1-2,6-11,14,16,22H,3-5,12-13,15,17-19H2. The fraction of sp³-hybridized carbons (Fsp3) is 0.407. The second kappa shape index (κ2) is 8.41. The first-order chi connectivity index (χ1) is 16.2. The van der Waals surface area contributed by atoms with Gasteiger partial charge in [-0.3, -0.25) is 9.69 Å². The molecular formula is C27H29BrN4O. The predicted molar refractivity (Wildman–Crippen MR) is 133 cm³/mol. The van der Waals surface area contributed by atoms with Gasteiger partial charge in [0.2, 0.25) is 5.91 Å². The fourth-order valence-corrected chi connectivity index (χ4v) is 6.49. The summed E-state index contributed by atoms with van der Waals surface area (Å²) in [5.41, 5.74) is 3.17. The van der Waals surface area contributed by atoms with Crippen molar-refractivity contribution in [1.82, 2.24) is 19.4 Å². The summed E-state index contributed by atoms with van der Waals surface area (Å²) < 4.78 is 3.34. The van der Waals surface area contributed by atoms with Gasteiger partial charge in [-0.15, -0.1) is 0 Å². The molecule has 3 aromatic rings. The summed E-state index contributed by atoms with van der Waals surface area (Å²) in [4.78, 5) is 22.9. The Hall–Kier alpha value is -2.44. The average molecular weight is 505 g/mol. The third kappa shape index (κ3) is 3.46. The second-order valence-electron chi connectivity index (χ2n) is 9.56. The summed E-state index contributed by atoms with van der Waals surface area (Å²) >= 11 is 3.59. The maximum Gasteiger partial charge on any atom is 0.222 e. The Kier molecular flexibility index (Phi) is 5.38. The molecule has 3 aliphatic heterocycles. The molecule has 2 unspecified atom stereocenters. The minimum atomic E-state index is -0.425. The summed E-state index contributed by atoms with van der Waals surface area (Å²) in [7, 11) is 0. The summed E-state index contributed by atoms with van der Waals surface area (Å²) in [6.07, 6.45) is 9.00. The van der Waals surface area contributed by atoms with Crippen molar-refractivity contribution in [2.45, 2.75) is 43.7 Å². The Morgan fingerprint density at radius 1 is 1.06 bits per heavy atom. The van der Waals surface area contributed by atoms with E-state index in [1.165, 1.54) is 36.9 Å². The number of fused-ring (bicyclic) bond motifs is 4. The van der Waals surface area contributed by atoms with Gasteiger partial charge in [0, 0.05) is 54.5 Å². The van der Waals surface area contributed by atoms with Crippen molar-refractivity contribution in [1.29, 1.82) is 0 Å². The second-order valence-corrected chi connectivity index (χ2v) is 10.5. The van der Waals surface area contributed by atoms with E-state index >= 15 is 0 Å². The third-order valence-electron chi connectivity index (χ3n) is 7.88. The van der Waals surface area contributed by atoms with Crippen LogP contribution in [-0.2, 0) is 10.3 Å². The molecule has 2 fully saturated rings. The Labute approximate surface area is 203 Å². The summed E-state index contributed by atoms with van der Waals surface area (Å²) in [5, 5.41) is 0. The van der Waals surface area contributed by atoms with Gasteiger partial charge >= 0.3 is 0 Å². The number of nitrogens with zero attached hydrogens (tertiary/aromatic N) is 4. The molecule has 1 amide bonds. The van der Waals surface area contributed by atoms with Gasteiger partial charge < -0.3 is 9.47 Å². The number of halogens is 1. The van der Waals surface area contributed by atoms with E-state index in [1.54, 1.807) is 0 Å². The van der Waals surface area contributed by atoms with Crippen LogP contribution in [0.3, 0.4) is 0 Å². The molecule has 0 radical (unpaired) electrons. The lowest BCUT2D eigenvalue weighted by Gasteiger charge is -2.44. The lowest BCUT2D eigenvalue weighted by molar-refractivity contribution is -0.135. The number of amides is 1. The molecule has 6 rings (SSSR count). The minimum absolute atomic E-state index is 0.280. The molecule has 33 heavy (non-hydrogen) atoms. The Bertz CT molecular complexity index is 1170. The molecule has 4 heterocycles. The Morgan fingerprint density at radius 3 is 2.79 bits per heavy atom. The number of hydrogen-bond donors (Lipinski definition) is 0. The molecule has 0 spiro atoms. The molecule has 0 saturated carbocycles. The topological polar surface area (TPSA) is 41.4 Å². The van der Waals surface area contributed by atoms with Gasteiger partial charge in [0.25, 0.3) is 0 Å². The summed E-state index contributed by atoms with van der Waals surface area (Å²) in [5.74, 6) is 1.26. The number of benzene rings is 2. The van der Waals surface area contributed by atoms with Crippen LogP contribution in [0.2, 0.25) is 0 Å². The van der Waals surface area contributed by atoms with Crippen LogP contribution in [0, 0.1) is 0 Å². The van der Waals surface area contributed by atoms with Crippen molar-refractivity contribution in [2.75, 3.05) is 26.2 Å². The molecule has 2 saturated heterocycles. The number of hydrogen-bond acceptors (Lipinski definition) is 3. The minimum Gasteiger partial charge on any atom is -0.340 e. The lowest BCUT2D eigenvalue weighted by atomic mass is 9.79. The van der Waals surface area contributed by atoms with Gasteiger partial charge in [-0.2, -0.15) is 0 Å². The largest absolute Gasteiger partial charge is 0.340 e. The highest BCUT2D eigenvalue weighted by atomic mass is 79.9. The zero-order valence-corrected chi connectivity index (χ0v) is 20.4. The number of imidazole rings is 1. The van der Waals surface area contributed by atoms with E-state index in [-0.39, 0.29) is 5.91 Å². The van der Waals surface area contributed by atoms with Gasteiger partial charge in [0.15, 0.2) is 0 Å². The highest BCUT2D eigenvalue weighted by molar-refractivity contribution is 9.10. The van der Waals surface area contributed by atoms with Crippen LogP contribution >= 0.6 is 15.9 Å². The van der Waals surface area contributed by atoms with E-state index in [0.717, 1.165) is 41.9 Å². The third-order valence-corrected chi connectivity index (χ3v) is 8.41. The zero-order chi connectivity index (χ0) is 22.4.